The number of benzene rings is 1. The van der Waals surface area contributed by atoms with E-state index in [-0.39, 0.29) is 12.1 Å². The Labute approximate surface area is 151 Å². The van der Waals surface area contributed by atoms with Crippen LogP contribution in [0.25, 0.3) is 0 Å². The molecule has 3 N–H and O–H groups in total. The molecule has 2 amide bonds. The maximum absolute atomic E-state index is 11.7. The Kier molecular flexibility index (Phi) is 7.10. The highest BCUT2D eigenvalue weighted by atomic mass is 16.2. The first kappa shape index (κ1) is 19.1. The number of guanidine groups is 1. The van der Waals surface area contributed by atoms with Gasteiger partial charge in [-0.25, -0.2) is 4.79 Å². The monoisotopic (exact) mass is 345 g/mol. The number of anilines is 1. The number of urea groups is 1. The van der Waals surface area contributed by atoms with E-state index in [0.29, 0.717) is 0 Å². The van der Waals surface area contributed by atoms with Crippen molar-refractivity contribution in [3.8, 4) is 0 Å². The fourth-order valence-electron chi connectivity index (χ4n) is 2.87. The topological polar surface area (TPSA) is 68.8 Å². The van der Waals surface area contributed by atoms with Gasteiger partial charge in [0.2, 0.25) is 0 Å². The van der Waals surface area contributed by atoms with Crippen molar-refractivity contribution in [2.45, 2.75) is 46.2 Å². The summed E-state index contributed by atoms with van der Waals surface area (Å²) in [4.78, 5) is 18.4. The Balaban J connectivity index is 1.83. The molecule has 1 heterocycles. The summed E-state index contributed by atoms with van der Waals surface area (Å²) in [6, 6.07) is 7.81. The van der Waals surface area contributed by atoms with Crippen LogP contribution in [0.3, 0.4) is 0 Å². The van der Waals surface area contributed by atoms with Crippen LogP contribution < -0.4 is 16.0 Å². The van der Waals surface area contributed by atoms with Crippen LogP contribution >= 0.6 is 0 Å². The van der Waals surface area contributed by atoms with Crippen LogP contribution in [0.1, 0.15) is 39.2 Å². The number of likely N-dealkylation sites (tertiary alicyclic amines) is 1. The lowest BCUT2D eigenvalue weighted by Crippen LogP contribution is -2.45. The maximum atomic E-state index is 11.7. The minimum atomic E-state index is -0.180. The van der Waals surface area contributed by atoms with Crippen molar-refractivity contribution in [2.75, 3.05) is 25.5 Å². The number of nitrogens with one attached hydrogen (secondary N) is 3. The minimum absolute atomic E-state index is 0.119. The minimum Gasteiger partial charge on any atom is -0.352 e. The zero-order valence-corrected chi connectivity index (χ0v) is 15.8. The Hall–Kier alpha value is -2.24. The summed E-state index contributed by atoms with van der Waals surface area (Å²) in [5.41, 5.74) is 1.94. The van der Waals surface area contributed by atoms with Gasteiger partial charge in [-0.2, -0.15) is 0 Å². The van der Waals surface area contributed by atoms with E-state index in [1.165, 1.54) is 12.8 Å². The van der Waals surface area contributed by atoms with Crippen LogP contribution in [0, 0.1) is 5.92 Å². The Morgan fingerprint density at radius 1 is 1.24 bits per heavy atom. The molecule has 6 nitrogen and oxygen atoms in total. The number of hydrogen-bond donors (Lipinski definition) is 3. The number of carbonyl (C=O) groups excluding carboxylic acids is 1. The van der Waals surface area contributed by atoms with Gasteiger partial charge in [0.25, 0.3) is 0 Å². The number of aliphatic imine (C=N–C) groups is 1. The molecule has 1 saturated heterocycles. The normalized spacial score (nSPS) is 16.0. The quantitative estimate of drug-likeness (QED) is 0.580. The van der Waals surface area contributed by atoms with Gasteiger partial charge in [-0.3, -0.25) is 4.99 Å². The second-order valence-corrected chi connectivity index (χ2v) is 7.02. The Morgan fingerprint density at radius 3 is 2.44 bits per heavy atom. The van der Waals surface area contributed by atoms with Crippen molar-refractivity contribution in [1.82, 2.24) is 15.5 Å². The lowest BCUT2D eigenvalue weighted by molar-refractivity contribution is 0.250. The predicted octanol–water partition coefficient (Wildman–Crippen LogP) is 3.02. The second-order valence-electron chi connectivity index (χ2n) is 7.02. The summed E-state index contributed by atoms with van der Waals surface area (Å²) >= 11 is 0. The lowest BCUT2D eigenvalue weighted by Gasteiger charge is -2.32. The molecule has 1 fully saturated rings. The van der Waals surface area contributed by atoms with Gasteiger partial charge in [0.15, 0.2) is 5.96 Å². The molecule has 6 heteroatoms. The van der Waals surface area contributed by atoms with E-state index in [9.17, 15) is 4.79 Å². The average molecular weight is 345 g/mol. The van der Waals surface area contributed by atoms with Gasteiger partial charge in [0, 0.05) is 38.4 Å². The van der Waals surface area contributed by atoms with E-state index in [1.807, 2.05) is 45.2 Å². The van der Waals surface area contributed by atoms with E-state index in [2.05, 4.69) is 32.8 Å². The van der Waals surface area contributed by atoms with Gasteiger partial charge in [-0.15, -0.1) is 0 Å². The molecule has 0 radical (unpaired) electrons. The van der Waals surface area contributed by atoms with Crippen LogP contribution in [0.2, 0.25) is 0 Å². The number of carbonyl (C=O) groups is 1. The second kappa shape index (κ2) is 9.30. The summed E-state index contributed by atoms with van der Waals surface area (Å²) < 4.78 is 0. The maximum Gasteiger partial charge on any atom is 0.319 e. The number of piperidine rings is 1. The van der Waals surface area contributed by atoms with Gasteiger partial charge < -0.3 is 20.9 Å². The molecular formula is C19H31N5O. The third-order valence-electron chi connectivity index (χ3n) is 4.38. The van der Waals surface area contributed by atoms with E-state index in [0.717, 1.165) is 42.8 Å². The largest absolute Gasteiger partial charge is 0.352 e. The van der Waals surface area contributed by atoms with Crippen LogP contribution in [0.4, 0.5) is 10.5 Å². The molecule has 0 bridgehead atoms. The first-order valence-corrected chi connectivity index (χ1v) is 9.10. The molecule has 1 aromatic carbocycles. The highest BCUT2D eigenvalue weighted by molar-refractivity contribution is 5.89. The third kappa shape index (κ3) is 6.29. The van der Waals surface area contributed by atoms with Crippen LogP contribution in [0.5, 0.6) is 0 Å². The highest BCUT2D eigenvalue weighted by Crippen LogP contribution is 2.16. The fourth-order valence-corrected chi connectivity index (χ4v) is 2.87. The van der Waals surface area contributed by atoms with Gasteiger partial charge >= 0.3 is 6.03 Å². The van der Waals surface area contributed by atoms with Gasteiger partial charge in [0.05, 0.1) is 0 Å². The summed E-state index contributed by atoms with van der Waals surface area (Å²) in [7, 11) is 1.83. The average Bonchev–Trinajstić information content (AvgIpc) is 2.57. The summed E-state index contributed by atoms with van der Waals surface area (Å²) in [5, 5.41) is 9.07. The van der Waals surface area contributed by atoms with Crippen molar-refractivity contribution in [3.63, 3.8) is 0 Å². The molecule has 0 unspecified atom stereocenters. The molecule has 1 aliphatic heterocycles. The van der Waals surface area contributed by atoms with Gasteiger partial charge in [-0.05, 0) is 50.3 Å². The summed E-state index contributed by atoms with van der Waals surface area (Å²) in [6.45, 7) is 9.03. The fraction of sp³-hybridized carbons (Fsp3) is 0.579. The highest BCUT2D eigenvalue weighted by Gasteiger charge is 2.18. The van der Waals surface area contributed by atoms with Crippen LogP contribution in [0.15, 0.2) is 29.3 Å². The van der Waals surface area contributed by atoms with Crippen molar-refractivity contribution in [1.29, 1.82) is 0 Å². The third-order valence-corrected chi connectivity index (χ3v) is 4.38. The van der Waals surface area contributed by atoms with Crippen molar-refractivity contribution >= 4 is 17.7 Å². The van der Waals surface area contributed by atoms with E-state index >= 15 is 0 Å². The molecule has 0 saturated carbocycles. The summed E-state index contributed by atoms with van der Waals surface area (Å²) in [5.74, 6) is 1.77. The molecule has 138 valence electrons. The Bertz CT molecular complexity index is 574. The molecule has 25 heavy (non-hydrogen) atoms. The lowest BCUT2D eigenvalue weighted by atomic mass is 9.99. The molecule has 0 aromatic heterocycles. The van der Waals surface area contributed by atoms with E-state index in [1.54, 1.807) is 0 Å². The molecule has 0 atom stereocenters. The summed E-state index contributed by atoms with van der Waals surface area (Å²) in [6.07, 6.45) is 2.44. The van der Waals surface area contributed by atoms with E-state index < -0.39 is 0 Å². The molecule has 0 spiro atoms. The number of nitrogens with zero attached hydrogens (tertiary/aromatic N) is 2. The first-order valence-electron chi connectivity index (χ1n) is 9.10. The first-order chi connectivity index (χ1) is 12.0. The van der Waals surface area contributed by atoms with Crippen molar-refractivity contribution in [3.05, 3.63) is 29.8 Å². The van der Waals surface area contributed by atoms with Gasteiger partial charge in [0.1, 0.15) is 0 Å². The number of hydrogen-bond acceptors (Lipinski definition) is 2. The molecule has 1 aliphatic rings. The van der Waals surface area contributed by atoms with Crippen molar-refractivity contribution in [2.24, 2.45) is 10.9 Å². The number of amides is 2. The van der Waals surface area contributed by atoms with Crippen LogP contribution in [-0.4, -0.2) is 43.1 Å². The molecule has 1 aromatic rings. The Morgan fingerprint density at radius 2 is 1.88 bits per heavy atom. The van der Waals surface area contributed by atoms with Crippen molar-refractivity contribution < 1.29 is 4.79 Å². The predicted molar refractivity (Wildman–Crippen MR) is 104 cm³/mol. The smallest absolute Gasteiger partial charge is 0.319 e. The molecular weight excluding hydrogens is 314 g/mol. The van der Waals surface area contributed by atoms with E-state index in [4.69, 9.17) is 0 Å². The zero-order chi connectivity index (χ0) is 18.2. The zero-order valence-electron chi connectivity index (χ0n) is 15.8. The van der Waals surface area contributed by atoms with Gasteiger partial charge in [-0.1, -0.05) is 19.1 Å². The van der Waals surface area contributed by atoms with Crippen LogP contribution in [-0.2, 0) is 6.54 Å². The SMILES string of the molecule is CN=C(NCc1ccc(NC(=O)NC(C)C)cc1)N1CCC(C)CC1. The number of rotatable bonds is 4. The molecule has 2 rings (SSSR count). The standard InChI is InChI=1S/C19H31N5O/c1-14(2)22-19(25)23-17-7-5-16(6-8-17)13-21-18(20-4)24-11-9-15(3)10-12-24/h5-8,14-15H,9-13H2,1-4H3,(H,20,21)(H2,22,23,25). The molecule has 0 aliphatic carbocycles.